The van der Waals surface area contributed by atoms with E-state index in [-0.39, 0.29) is 6.42 Å². The molecule has 0 bridgehead atoms. The number of nitrogens with zero attached hydrogens (tertiary/aromatic N) is 2. The van der Waals surface area contributed by atoms with Crippen LogP contribution in [0.2, 0.25) is 0 Å². The van der Waals surface area contributed by atoms with Crippen molar-refractivity contribution < 1.29 is 23.9 Å². The molecule has 9 heteroatoms. The SMILES string of the molecule is COC(=O)c1ccc(NC(=O)COC(=O)Cc2cn3ccsc3n2)cc1. The number of fused-ring (bicyclic) bond motifs is 1. The van der Waals surface area contributed by atoms with Crippen LogP contribution >= 0.6 is 11.3 Å². The van der Waals surface area contributed by atoms with Gasteiger partial charge in [-0.1, -0.05) is 0 Å². The molecule has 0 aliphatic heterocycles. The van der Waals surface area contributed by atoms with Gasteiger partial charge in [0.25, 0.3) is 5.91 Å². The van der Waals surface area contributed by atoms with E-state index in [2.05, 4.69) is 15.0 Å². The predicted octanol–water partition coefficient (Wildman–Crippen LogP) is 1.91. The smallest absolute Gasteiger partial charge is 0.337 e. The maximum atomic E-state index is 11.8. The summed E-state index contributed by atoms with van der Waals surface area (Å²) in [5.41, 5.74) is 1.44. The number of ether oxygens (including phenoxy) is 2. The van der Waals surface area contributed by atoms with E-state index in [0.717, 1.165) is 4.96 Å². The van der Waals surface area contributed by atoms with Crippen molar-refractivity contribution in [2.45, 2.75) is 6.42 Å². The number of rotatable bonds is 6. The fourth-order valence-corrected chi connectivity index (χ4v) is 2.93. The number of hydrogen-bond acceptors (Lipinski definition) is 7. The molecule has 134 valence electrons. The Kier molecular flexibility index (Phi) is 5.28. The first-order valence-corrected chi connectivity index (χ1v) is 8.48. The maximum absolute atomic E-state index is 11.8. The van der Waals surface area contributed by atoms with Crippen LogP contribution in [0.15, 0.2) is 42.0 Å². The number of anilines is 1. The monoisotopic (exact) mass is 373 g/mol. The maximum Gasteiger partial charge on any atom is 0.337 e. The highest BCUT2D eigenvalue weighted by Crippen LogP contribution is 2.12. The molecule has 0 aliphatic rings. The minimum atomic E-state index is -0.535. The van der Waals surface area contributed by atoms with Gasteiger partial charge < -0.3 is 14.8 Å². The van der Waals surface area contributed by atoms with Crippen molar-refractivity contribution in [3.63, 3.8) is 0 Å². The molecule has 26 heavy (non-hydrogen) atoms. The van der Waals surface area contributed by atoms with Gasteiger partial charge in [0.15, 0.2) is 11.6 Å². The van der Waals surface area contributed by atoms with Crippen LogP contribution in [0.25, 0.3) is 4.96 Å². The quantitative estimate of drug-likeness (QED) is 0.663. The third-order valence-electron chi connectivity index (χ3n) is 3.42. The molecule has 0 aliphatic carbocycles. The van der Waals surface area contributed by atoms with Gasteiger partial charge in [-0.2, -0.15) is 0 Å². The lowest BCUT2D eigenvalue weighted by atomic mass is 10.2. The van der Waals surface area contributed by atoms with Crippen LogP contribution in [0.4, 0.5) is 5.69 Å². The van der Waals surface area contributed by atoms with E-state index < -0.39 is 24.5 Å². The number of carbonyl (C=O) groups is 3. The zero-order valence-electron chi connectivity index (χ0n) is 13.8. The summed E-state index contributed by atoms with van der Waals surface area (Å²) in [6.45, 7) is -0.403. The van der Waals surface area contributed by atoms with Gasteiger partial charge in [-0.25, -0.2) is 9.78 Å². The number of amides is 1. The van der Waals surface area contributed by atoms with E-state index in [1.807, 2.05) is 16.0 Å². The number of carbonyl (C=O) groups excluding carboxylic acids is 3. The van der Waals surface area contributed by atoms with Crippen molar-refractivity contribution in [2.24, 2.45) is 0 Å². The number of hydrogen-bond donors (Lipinski definition) is 1. The van der Waals surface area contributed by atoms with Gasteiger partial charge in [-0.3, -0.25) is 14.0 Å². The number of imidazole rings is 1. The topological polar surface area (TPSA) is 99.0 Å². The van der Waals surface area contributed by atoms with Crippen LogP contribution in [0.1, 0.15) is 16.1 Å². The molecule has 0 atom stereocenters. The summed E-state index contributed by atoms with van der Waals surface area (Å²) >= 11 is 1.47. The van der Waals surface area contributed by atoms with Crippen LogP contribution in [0.5, 0.6) is 0 Å². The summed E-state index contributed by atoms with van der Waals surface area (Å²) in [6.07, 6.45) is 3.59. The van der Waals surface area contributed by atoms with Gasteiger partial charge in [0.2, 0.25) is 0 Å². The third-order valence-corrected chi connectivity index (χ3v) is 4.19. The van der Waals surface area contributed by atoms with Gasteiger partial charge in [0.05, 0.1) is 24.8 Å². The first-order valence-electron chi connectivity index (χ1n) is 7.60. The van der Waals surface area contributed by atoms with E-state index >= 15 is 0 Å². The van der Waals surface area contributed by atoms with Gasteiger partial charge >= 0.3 is 11.9 Å². The molecule has 1 aromatic carbocycles. The van der Waals surface area contributed by atoms with Crippen molar-refractivity contribution in [3.8, 4) is 0 Å². The summed E-state index contributed by atoms with van der Waals surface area (Å²) in [6, 6.07) is 6.17. The molecule has 8 nitrogen and oxygen atoms in total. The lowest BCUT2D eigenvalue weighted by Crippen LogP contribution is -2.21. The number of nitrogens with one attached hydrogen (secondary N) is 1. The van der Waals surface area contributed by atoms with E-state index in [0.29, 0.717) is 16.9 Å². The van der Waals surface area contributed by atoms with Crippen molar-refractivity contribution in [2.75, 3.05) is 19.0 Å². The van der Waals surface area contributed by atoms with Crippen LogP contribution in [-0.2, 0) is 25.5 Å². The Bertz CT molecular complexity index is 916. The first kappa shape index (κ1) is 17.6. The molecule has 1 amide bonds. The molecule has 3 rings (SSSR count). The number of esters is 2. The fourth-order valence-electron chi connectivity index (χ4n) is 2.21. The fraction of sp³-hybridized carbons (Fsp3) is 0.176. The lowest BCUT2D eigenvalue weighted by molar-refractivity contribution is -0.146. The highest BCUT2D eigenvalue weighted by molar-refractivity contribution is 7.15. The lowest BCUT2D eigenvalue weighted by Gasteiger charge is -2.07. The summed E-state index contributed by atoms with van der Waals surface area (Å²) < 4.78 is 11.4. The molecule has 0 spiro atoms. The molecular weight excluding hydrogens is 358 g/mol. The summed E-state index contributed by atoms with van der Waals surface area (Å²) in [5.74, 6) is -1.47. The van der Waals surface area contributed by atoms with Gasteiger partial charge in [0.1, 0.15) is 0 Å². The second kappa shape index (κ2) is 7.79. The summed E-state index contributed by atoms with van der Waals surface area (Å²) in [7, 11) is 1.29. The zero-order valence-corrected chi connectivity index (χ0v) is 14.6. The standard InChI is InChI=1S/C17H15N3O5S/c1-24-16(23)11-2-4-12(5-3-11)18-14(21)10-25-15(22)8-13-9-20-6-7-26-17(20)19-13/h2-7,9H,8,10H2,1H3,(H,18,21). The van der Waals surface area contributed by atoms with Crippen molar-refractivity contribution in [3.05, 3.63) is 53.3 Å². The first-order chi connectivity index (χ1) is 12.5. The highest BCUT2D eigenvalue weighted by Gasteiger charge is 2.12. The molecule has 0 fully saturated rings. The van der Waals surface area contributed by atoms with E-state index in [1.54, 1.807) is 18.3 Å². The Balaban J connectivity index is 1.46. The second-order valence-electron chi connectivity index (χ2n) is 5.28. The predicted molar refractivity (Wildman–Crippen MR) is 94.1 cm³/mol. The molecule has 3 aromatic rings. The van der Waals surface area contributed by atoms with Crippen LogP contribution in [0.3, 0.4) is 0 Å². The van der Waals surface area contributed by atoms with E-state index in [1.165, 1.54) is 30.6 Å². The second-order valence-corrected chi connectivity index (χ2v) is 6.15. The van der Waals surface area contributed by atoms with Crippen molar-refractivity contribution in [1.82, 2.24) is 9.38 Å². The zero-order chi connectivity index (χ0) is 18.5. The molecule has 2 aromatic heterocycles. The number of thiazole rings is 1. The number of aromatic nitrogens is 2. The average Bonchev–Trinajstić information content (AvgIpc) is 3.21. The Labute approximate surface area is 152 Å². The summed E-state index contributed by atoms with van der Waals surface area (Å²) in [4.78, 5) is 40.1. The van der Waals surface area contributed by atoms with Gasteiger partial charge in [-0.15, -0.1) is 11.3 Å². The highest BCUT2D eigenvalue weighted by atomic mass is 32.1. The van der Waals surface area contributed by atoms with E-state index in [4.69, 9.17) is 4.74 Å². The van der Waals surface area contributed by atoms with Crippen LogP contribution < -0.4 is 5.32 Å². The molecule has 0 saturated heterocycles. The minimum absolute atomic E-state index is 0.00446. The van der Waals surface area contributed by atoms with Crippen molar-refractivity contribution in [1.29, 1.82) is 0 Å². The molecule has 1 N–H and O–H groups in total. The van der Waals surface area contributed by atoms with Crippen LogP contribution in [-0.4, -0.2) is 40.9 Å². The Morgan fingerprint density at radius 2 is 2.00 bits per heavy atom. The van der Waals surface area contributed by atoms with Crippen LogP contribution in [0, 0.1) is 0 Å². The Morgan fingerprint density at radius 3 is 2.69 bits per heavy atom. The number of methoxy groups -OCH3 is 1. The number of benzene rings is 1. The molecule has 0 radical (unpaired) electrons. The van der Waals surface area contributed by atoms with Crippen molar-refractivity contribution >= 4 is 39.8 Å². The molecule has 2 heterocycles. The van der Waals surface area contributed by atoms with Gasteiger partial charge in [-0.05, 0) is 24.3 Å². The molecule has 0 unspecified atom stereocenters. The minimum Gasteiger partial charge on any atom is -0.465 e. The van der Waals surface area contributed by atoms with Gasteiger partial charge in [0, 0.05) is 23.5 Å². The average molecular weight is 373 g/mol. The largest absolute Gasteiger partial charge is 0.465 e. The molecular formula is C17H15N3O5S. The normalized spacial score (nSPS) is 10.5. The third kappa shape index (κ3) is 4.25. The Morgan fingerprint density at radius 1 is 1.23 bits per heavy atom. The molecule has 0 saturated carbocycles. The summed E-state index contributed by atoms with van der Waals surface area (Å²) in [5, 5.41) is 4.47. The van der Waals surface area contributed by atoms with E-state index in [9.17, 15) is 14.4 Å². The Hall–Kier alpha value is -3.20.